The van der Waals surface area contributed by atoms with Crippen molar-refractivity contribution >= 4 is 29.0 Å². The van der Waals surface area contributed by atoms with Gasteiger partial charge >= 0.3 is 0 Å². The van der Waals surface area contributed by atoms with Gasteiger partial charge in [-0.1, -0.05) is 35.9 Å². The summed E-state index contributed by atoms with van der Waals surface area (Å²) in [5, 5.41) is 6.82. The zero-order valence-electron chi connectivity index (χ0n) is 15.5. The number of amides is 1. The summed E-state index contributed by atoms with van der Waals surface area (Å²) in [4.78, 5) is 21.2. The number of rotatable bonds is 5. The number of carbonyl (C=O) groups is 1. The molecule has 0 saturated carbocycles. The van der Waals surface area contributed by atoms with Crippen LogP contribution in [0, 0.1) is 20.8 Å². The molecular formula is C21H21ClN4O. The molecule has 0 spiro atoms. The van der Waals surface area contributed by atoms with E-state index >= 15 is 0 Å². The fraction of sp³-hybridized carbons (Fsp3) is 0.190. The molecule has 0 saturated heterocycles. The van der Waals surface area contributed by atoms with Gasteiger partial charge in [0.25, 0.3) is 5.91 Å². The van der Waals surface area contributed by atoms with Gasteiger partial charge in [-0.2, -0.15) is 0 Å². The minimum Gasteiger partial charge on any atom is -0.347 e. The second kappa shape index (κ2) is 8.18. The molecule has 2 aromatic carbocycles. The van der Waals surface area contributed by atoms with Gasteiger partial charge in [0.05, 0.1) is 0 Å². The molecule has 2 N–H and O–H groups in total. The van der Waals surface area contributed by atoms with Crippen LogP contribution in [0.15, 0.2) is 48.5 Å². The van der Waals surface area contributed by atoms with Crippen molar-refractivity contribution in [2.24, 2.45) is 0 Å². The largest absolute Gasteiger partial charge is 0.347 e. The standard InChI is InChI=1S/C21H21ClN4O/c1-13-4-5-14(2)18(10-13)26-20-11-19(24-15(3)25-20)21(27)23-12-16-6-8-17(22)9-7-16/h4-11H,12H2,1-3H3,(H,23,27)(H,24,25,26). The van der Waals surface area contributed by atoms with Crippen LogP contribution in [0.5, 0.6) is 0 Å². The molecule has 6 heteroatoms. The lowest BCUT2D eigenvalue weighted by molar-refractivity contribution is 0.0945. The Balaban J connectivity index is 1.75. The van der Waals surface area contributed by atoms with Crippen LogP contribution in [0.3, 0.4) is 0 Å². The van der Waals surface area contributed by atoms with E-state index in [1.54, 1.807) is 25.1 Å². The molecule has 138 valence electrons. The number of anilines is 2. The maximum atomic E-state index is 12.5. The second-order valence-corrected chi connectivity index (χ2v) is 6.87. The van der Waals surface area contributed by atoms with Gasteiger partial charge in [-0.15, -0.1) is 0 Å². The Morgan fingerprint density at radius 2 is 1.74 bits per heavy atom. The molecule has 3 aromatic rings. The van der Waals surface area contributed by atoms with E-state index in [-0.39, 0.29) is 5.91 Å². The summed E-state index contributed by atoms with van der Waals surface area (Å²) >= 11 is 5.88. The highest BCUT2D eigenvalue weighted by atomic mass is 35.5. The van der Waals surface area contributed by atoms with Gasteiger partial charge in [0, 0.05) is 23.3 Å². The van der Waals surface area contributed by atoms with Crippen molar-refractivity contribution in [2.75, 3.05) is 5.32 Å². The van der Waals surface area contributed by atoms with Crippen LogP contribution >= 0.6 is 11.6 Å². The summed E-state index contributed by atoms with van der Waals surface area (Å²) in [6.45, 7) is 6.23. The topological polar surface area (TPSA) is 66.9 Å². The fourth-order valence-electron chi connectivity index (χ4n) is 2.63. The number of aryl methyl sites for hydroxylation is 3. The van der Waals surface area contributed by atoms with E-state index in [0.29, 0.717) is 28.9 Å². The van der Waals surface area contributed by atoms with E-state index in [1.165, 1.54) is 0 Å². The molecule has 1 heterocycles. The summed E-state index contributed by atoms with van der Waals surface area (Å²) < 4.78 is 0. The molecule has 0 fully saturated rings. The maximum absolute atomic E-state index is 12.5. The Hall–Kier alpha value is -2.92. The lowest BCUT2D eigenvalue weighted by atomic mass is 10.1. The Kier molecular flexibility index (Phi) is 5.72. The van der Waals surface area contributed by atoms with Crippen molar-refractivity contribution in [2.45, 2.75) is 27.3 Å². The highest BCUT2D eigenvalue weighted by Gasteiger charge is 2.11. The van der Waals surface area contributed by atoms with Crippen molar-refractivity contribution in [3.8, 4) is 0 Å². The summed E-state index contributed by atoms with van der Waals surface area (Å²) in [5.41, 5.74) is 4.50. The third-order valence-corrected chi connectivity index (χ3v) is 4.34. The van der Waals surface area contributed by atoms with E-state index in [1.807, 2.05) is 38.1 Å². The van der Waals surface area contributed by atoms with Crippen LogP contribution in [0.4, 0.5) is 11.5 Å². The first-order valence-corrected chi connectivity index (χ1v) is 9.01. The minimum absolute atomic E-state index is 0.250. The molecule has 0 bridgehead atoms. The zero-order chi connectivity index (χ0) is 19.4. The van der Waals surface area contributed by atoms with Gasteiger partial charge < -0.3 is 10.6 Å². The number of nitrogens with one attached hydrogen (secondary N) is 2. The van der Waals surface area contributed by atoms with Crippen molar-refractivity contribution in [1.29, 1.82) is 0 Å². The highest BCUT2D eigenvalue weighted by molar-refractivity contribution is 6.30. The second-order valence-electron chi connectivity index (χ2n) is 6.44. The molecule has 27 heavy (non-hydrogen) atoms. The van der Waals surface area contributed by atoms with Crippen LogP contribution in [0.1, 0.15) is 33.0 Å². The molecule has 1 amide bonds. The fourth-order valence-corrected chi connectivity index (χ4v) is 2.76. The number of aromatic nitrogens is 2. The van der Waals surface area contributed by atoms with Gasteiger partial charge in [-0.05, 0) is 55.7 Å². The SMILES string of the molecule is Cc1ccc(C)c(Nc2cc(C(=O)NCc3ccc(Cl)cc3)nc(C)n2)c1. The van der Waals surface area contributed by atoms with Crippen LogP contribution in [-0.2, 0) is 6.54 Å². The van der Waals surface area contributed by atoms with Crippen molar-refractivity contribution < 1.29 is 4.79 Å². The maximum Gasteiger partial charge on any atom is 0.270 e. The average molecular weight is 381 g/mol. The normalized spacial score (nSPS) is 10.5. The van der Waals surface area contributed by atoms with Gasteiger partial charge in [0.15, 0.2) is 0 Å². The van der Waals surface area contributed by atoms with E-state index in [4.69, 9.17) is 11.6 Å². The van der Waals surface area contributed by atoms with Gasteiger partial charge in [0.2, 0.25) is 0 Å². The first-order valence-electron chi connectivity index (χ1n) is 8.63. The quantitative estimate of drug-likeness (QED) is 0.671. The molecular weight excluding hydrogens is 360 g/mol. The number of hydrogen-bond acceptors (Lipinski definition) is 4. The van der Waals surface area contributed by atoms with E-state index < -0.39 is 0 Å². The molecule has 3 rings (SSSR count). The summed E-state index contributed by atoms with van der Waals surface area (Å²) in [5.74, 6) is 0.870. The predicted molar refractivity (Wildman–Crippen MR) is 109 cm³/mol. The molecule has 0 aliphatic rings. The van der Waals surface area contributed by atoms with Crippen LogP contribution in [0.2, 0.25) is 5.02 Å². The minimum atomic E-state index is -0.250. The zero-order valence-corrected chi connectivity index (χ0v) is 16.3. The van der Waals surface area contributed by atoms with Gasteiger partial charge in [-0.25, -0.2) is 9.97 Å². The van der Waals surface area contributed by atoms with Gasteiger partial charge in [0.1, 0.15) is 17.3 Å². The van der Waals surface area contributed by atoms with Crippen LogP contribution < -0.4 is 10.6 Å². The smallest absolute Gasteiger partial charge is 0.270 e. The summed E-state index contributed by atoms with van der Waals surface area (Å²) in [7, 11) is 0. The monoisotopic (exact) mass is 380 g/mol. The number of halogens is 1. The molecule has 0 aliphatic carbocycles. The van der Waals surface area contributed by atoms with E-state index in [2.05, 4.69) is 26.7 Å². The van der Waals surface area contributed by atoms with Crippen molar-refractivity contribution in [1.82, 2.24) is 15.3 Å². The Bertz CT molecular complexity index is 970. The molecule has 0 unspecified atom stereocenters. The number of carbonyl (C=O) groups excluding carboxylic acids is 1. The van der Waals surface area contributed by atoms with Crippen LogP contribution in [0.25, 0.3) is 0 Å². The lowest BCUT2D eigenvalue weighted by Crippen LogP contribution is -2.24. The molecule has 0 aliphatic heterocycles. The number of hydrogen-bond donors (Lipinski definition) is 2. The Morgan fingerprint density at radius 1 is 1.00 bits per heavy atom. The van der Waals surface area contributed by atoms with E-state index in [0.717, 1.165) is 22.4 Å². The van der Waals surface area contributed by atoms with Crippen LogP contribution in [-0.4, -0.2) is 15.9 Å². The van der Waals surface area contributed by atoms with Gasteiger partial charge in [-0.3, -0.25) is 4.79 Å². The molecule has 0 radical (unpaired) electrons. The lowest BCUT2D eigenvalue weighted by Gasteiger charge is -2.12. The van der Waals surface area contributed by atoms with Crippen molar-refractivity contribution in [3.05, 3.63) is 81.8 Å². The average Bonchev–Trinajstić information content (AvgIpc) is 2.63. The third-order valence-electron chi connectivity index (χ3n) is 4.09. The number of nitrogens with zero attached hydrogens (tertiary/aromatic N) is 2. The third kappa shape index (κ3) is 5.05. The summed E-state index contributed by atoms with van der Waals surface area (Å²) in [6.07, 6.45) is 0. The first-order chi connectivity index (χ1) is 12.9. The predicted octanol–water partition coefficient (Wildman–Crippen LogP) is 4.73. The number of benzene rings is 2. The summed E-state index contributed by atoms with van der Waals surface area (Å²) in [6, 6.07) is 15.2. The Labute approximate surface area is 163 Å². The van der Waals surface area contributed by atoms with E-state index in [9.17, 15) is 4.79 Å². The molecule has 5 nitrogen and oxygen atoms in total. The first kappa shape index (κ1) is 18.9. The Morgan fingerprint density at radius 3 is 2.48 bits per heavy atom. The molecule has 1 aromatic heterocycles. The molecule has 0 atom stereocenters. The highest BCUT2D eigenvalue weighted by Crippen LogP contribution is 2.21. The van der Waals surface area contributed by atoms with Crippen molar-refractivity contribution in [3.63, 3.8) is 0 Å².